The molecule has 0 unspecified atom stereocenters. The summed E-state index contributed by atoms with van der Waals surface area (Å²) in [5, 5.41) is 0. The lowest BCUT2D eigenvalue weighted by molar-refractivity contribution is -0.914. The van der Waals surface area contributed by atoms with Gasteiger partial charge in [0.2, 0.25) is 4.77 Å². The minimum atomic E-state index is 0.0378. The number of quaternary nitrogens is 1. The lowest BCUT2D eigenvalue weighted by atomic mass is 10.1. The summed E-state index contributed by atoms with van der Waals surface area (Å²) < 4.78 is 2.50. The number of anilines is 1. The quantitative estimate of drug-likeness (QED) is 0.479. The van der Waals surface area contributed by atoms with E-state index in [1.807, 2.05) is 29.7 Å². The van der Waals surface area contributed by atoms with E-state index in [1.54, 1.807) is 11.8 Å². The summed E-state index contributed by atoms with van der Waals surface area (Å²) in [5.41, 5.74) is 4.09. The first-order chi connectivity index (χ1) is 15.0. The predicted molar refractivity (Wildman–Crippen MR) is 126 cm³/mol. The standard InChI is InChI=1S/C25H28N4OS/c1-19-23(20(2)30)24(26-25(31)29(19)18-22-11-7-4-8-12-22)28-15-13-27(14-16-28)17-21-9-5-3-6-10-21/h3-12H,13-18H2,1-2H3/p+1. The molecule has 0 radical (unpaired) electrons. The molecule has 0 atom stereocenters. The van der Waals surface area contributed by atoms with Crippen LogP contribution in [0.25, 0.3) is 0 Å². The van der Waals surface area contributed by atoms with Crippen molar-refractivity contribution in [3.05, 3.63) is 87.8 Å². The Morgan fingerprint density at radius 3 is 2.16 bits per heavy atom. The second kappa shape index (κ2) is 9.54. The van der Waals surface area contributed by atoms with Crippen molar-refractivity contribution >= 4 is 23.8 Å². The van der Waals surface area contributed by atoms with E-state index in [1.165, 1.54) is 5.56 Å². The molecular formula is C25H29N4OS+. The normalized spacial score (nSPS) is 14.6. The van der Waals surface area contributed by atoms with Crippen LogP contribution in [-0.2, 0) is 13.1 Å². The Hall–Kier alpha value is -2.83. The molecule has 1 aliphatic rings. The Kier molecular flexibility index (Phi) is 6.59. The van der Waals surface area contributed by atoms with Gasteiger partial charge in [0, 0.05) is 11.3 Å². The molecule has 5 nitrogen and oxygen atoms in total. The number of hydrogen-bond acceptors (Lipinski definition) is 4. The predicted octanol–water partition coefficient (Wildman–Crippen LogP) is 3.08. The van der Waals surface area contributed by atoms with E-state index in [4.69, 9.17) is 17.2 Å². The summed E-state index contributed by atoms with van der Waals surface area (Å²) in [6.07, 6.45) is 0. The van der Waals surface area contributed by atoms with E-state index in [9.17, 15) is 4.79 Å². The Labute approximate surface area is 189 Å². The molecule has 31 heavy (non-hydrogen) atoms. The monoisotopic (exact) mass is 433 g/mol. The molecule has 1 N–H and O–H groups in total. The zero-order valence-electron chi connectivity index (χ0n) is 18.2. The average molecular weight is 434 g/mol. The van der Waals surface area contributed by atoms with Gasteiger partial charge in [-0.1, -0.05) is 60.7 Å². The number of nitrogens with zero attached hydrogens (tertiary/aromatic N) is 3. The number of nitrogens with one attached hydrogen (secondary N) is 1. The smallest absolute Gasteiger partial charge is 0.201 e. The van der Waals surface area contributed by atoms with Gasteiger partial charge in [-0.05, 0) is 31.6 Å². The summed E-state index contributed by atoms with van der Waals surface area (Å²) in [7, 11) is 0. The molecule has 0 aliphatic carbocycles. The lowest BCUT2D eigenvalue weighted by Crippen LogP contribution is -3.13. The van der Waals surface area contributed by atoms with Crippen LogP contribution in [0.5, 0.6) is 0 Å². The molecule has 1 fully saturated rings. The van der Waals surface area contributed by atoms with Crippen LogP contribution in [0.1, 0.15) is 34.1 Å². The van der Waals surface area contributed by atoms with Crippen LogP contribution in [0.2, 0.25) is 0 Å². The highest BCUT2D eigenvalue weighted by molar-refractivity contribution is 7.71. The molecule has 3 aromatic rings. The van der Waals surface area contributed by atoms with Crippen molar-refractivity contribution in [3.8, 4) is 0 Å². The topological polar surface area (TPSA) is 42.6 Å². The summed E-state index contributed by atoms with van der Waals surface area (Å²) >= 11 is 5.66. The second-order valence-corrected chi connectivity index (χ2v) is 8.57. The lowest BCUT2D eigenvalue weighted by Gasteiger charge is -2.34. The van der Waals surface area contributed by atoms with Gasteiger partial charge in [0.05, 0.1) is 38.3 Å². The number of piperazine rings is 1. The maximum absolute atomic E-state index is 12.6. The number of benzene rings is 2. The molecule has 1 aromatic heterocycles. The van der Waals surface area contributed by atoms with Crippen molar-refractivity contribution in [2.45, 2.75) is 26.9 Å². The van der Waals surface area contributed by atoms with Crippen LogP contribution >= 0.6 is 12.2 Å². The number of rotatable bonds is 6. The highest BCUT2D eigenvalue weighted by Gasteiger charge is 2.26. The molecule has 160 valence electrons. The molecule has 0 bridgehead atoms. The first-order valence-electron chi connectivity index (χ1n) is 10.8. The van der Waals surface area contributed by atoms with Crippen molar-refractivity contribution in [2.24, 2.45) is 0 Å². The molecule has 0 amide bonds. The Bertz CT molecular complexity index is 1100. The van der Waals surface area contributed by atoms with Gasteiger partial charge in [0.1, 0.15) is 12.4 Å². The Balaban J connectivity index is 1.56. The van der Waals surface area contributed by atoms with Gasteiger partial charge in [-0.25, -0.2) is 4.98 Å². The maximum Gasteiger partial charge on any atom is 0.201 e. The molecule has 0 saturated carbocycles. The fourth-order valence-corrected chi connectivity index (χ4v) is 4.62. The number of carbonyl (C=O) groups is 1. The van der Waals surface area contributed by atoms with Gasteiger partial charge in [-0.15, -0.1) is 0 Å². The van der Waals surface area contributed by atoms with Gasteiger partial charge >= 0.3 is 0 Å². The van der Waals surface area contributed by atoms with Crippen LogP contribution in [0, 0.1) is 11.7 Å². The minimum Gasteiger partial charge on any atom is -0.345 e. The summed E-state index contributed by atoms with van der Waals surface area (Å²) in [4.78, 5) is 21.2. The van der Waals surface area contributed by atoms with Crippen LogP contribution in [-0.4, -0.2) is 41.5 Å². The van der Waals surface area contributed by atoms with Crippen LogP contribution < -0.4 is 9.80 Å². The average Bonchev–Trinajstić information content (AvgIpc) is 2.78. The second-order valence-electron chi connectivity index (χ2n) is 8.21. The van der Waals surface area contributed by atoms with E-state index in [-0.39, 0.29) is 5.78 Å². The van der Waals surface area contributed by atoms with Crippen molar-refractivity contribution < 1.29 is 9.69 Å². The summed E-state index contributed by atoms with van der Waals surface area (Å²) in [6, 6.07) is 20.8. The van der Waals surface area contributed by atoms with E-state index in [0.717, 1.165) is 49.8 Å². The molecule has 1 saturated heterocycles. The fourth-order valence-electron chi connectivity index (χ4n) is 4.34. The summed E-state index contributed by atoms with van der Waals surface area (Å²) in [5.74, 6) is 0.786. The largest absolute Gasteiger partial charge is 0.345 e. The molecule has 0 spiro atoms. The van der Waals surface area contributed by atoms with Crippen molar-refractivity contribution in [2.75, 3.05) is 31.1 Å². The van der Waals surface area contributed by atoms with E-state index in [0.29, 0.717) is 16.9 Å². The molecule has 4 rings (SSSR count). The van der Waals surface area contributed by atoms with Gasteiger partial charge in [0.25, 0.3) is 0 Å². The Morgan fingerprint density at radius 2 is 1.58 bits per heavy atom. The fraction of sp³-hybridized carbons (Fsp3) is 0.320. The number of carbonyl (C=O) groups excluding carboxylic acids is 1. The van der Waals surface area contributed by atoms with Crippen molar-refractivity contribution in [1.29, 1.82) is 0 Å². The number of aromatic nitrogens is 2. The highest BCUT2D eigenvalue weighted by atomic mass is 32.1. The van der Waals surface area contributed by atoms with Crippen molar-refractivity contribution in [1.82, 2.24) is 9.55 Å². The molecule has 1 aliphatic heterocycles. The third-order valence-corrected chi connectivity index (χ3v) is 6.34. The number of hydrogen-bond donors (Lipinski definition) is 1. The van der Waals surface area contributed by atoms with Crippen molar-refractivity contribution in [3.63, 3.8) is 0 Å². The molecule has 6 heteroatoms. The van der Waals surface area contributed by atoms with Gasteiger partial charge in [-0.3, -0.25) is 4.79 Å². The van der Waals surface area contributed by atoms with Crippen LogP contribution in [0.4, 0.5) is 5.82 Å². The first-order valence-corrected chi connectivity index (χ1v) is 11.2. The van der Waals surface area contributed by atoms with E-state index in [2.05, 4.69) is 47.4 Å². The molecule has 2 heterocycles. The third kappa shape index (κ3) is 4.92. The van der Waals surface area contributed by atoms with E-state index < -0.39 is 0 Å². The van der Waals surface area contributed by atoms with Gasteiger partial charge < -0.3 is 14.4 Å². The SMILES string of the molecule is CC(=O)c1c(N2CC[NH+](Cc3ccccc3)CC2)nc(=S)n(Cc2ccccc2)c1C. The third-order valence-electron chi connectivity index (χ3n) is 6.03. The highest BCUT2D eigenvalue weighted by Crippen LogP contribution is 2.23. The van der Waals surface area contributed by atoms with Crippen LogP contribution in [0.3, 0.4) is 0 Å². The maximum atomic E-state index is 12.6. The minimum absolute atomic E-state index is 0.0378. The first kappa shape index (κ1) is 21.4. The zero-order valence-corrected chi connectivity index (χ0v) is 19.0. The number of Topliss-reactive ketones (excluding diaryl/α,β-unsaturated/α-hetero) is 1. The molecule has 2 aromatic carbocycles. The summed E-state index contributed by atoms with van der Waals surface area (Å²) in [6.45, 7) is 9.01. The van der Waals surface area contributed by atoms with Gasteiger partial charge in [0.15, 0.2) is 5.78 Å². The Morgan fingerprint density at radius 1 is 1.00 bits per heavy atom. The van der Waals surface area contributed by atoms with Gasteiger partial charge in [-0.2, -0.15) is 0 Å². The van der Waals surface area contributed by atoms with Crippen LogP contribution in [0.15, 0.2) is 60.7 Å². The molecular weight excluding hydrogens is 404 g/mol. The number of ketones is 1. The zero-order chi connectivity index (χ0) is 21.8. The van der Waals surface area contributed by atoms with E-state index >= 15 is 0 Å².